The first-order valence-electron chi connectivity index (χ1n) is 8.46. The van der Waals surface area contributed by atoms with Crippen molar-refractivity contribution in [3.63, 3.8) is 0 Å². The topological polar surface area (TPSA) is 78.8 Å². The zero-order valence-electron chi connectivity index (χ0n) is 14.2. The average molecular weight is 347 g/mol. The Labute approximate surface area is 150 Å². The molecule has 4 rings (SSSR count). The quantitative estimate of drug-likeness (QED) is 0.685. The van der Waals surface area contributed by atoms with E-state index < -0.39 is 5.92 Å². The van der Waals surface area contributed by atoms with Crippen molar-refractivity contribution in [3.8, 4) is 0 Å². The number of amides is 2. The number of carbonyl (C=O) groups is 3. The number of ketones is 1. The van der Waals surface area contributed by atoms with Crippen molar-refractivity contribution >= 4 is 34.7 Å². The van der Waals surface area contributed by atoms with Gasteiger partial charge in [0, 0.05) is 17.7 Å². The molecule has 2 heterocycles. The van der Waals surface area contributed by atoms with Crippen LogP contribution in [-0.2, 0) is 16.0 Å². The van der Waals surface area contributed by atoms with Crippen LogP contribution < -0.4 is 10.3 Å². The fourth-order valence-electron chi connectivity index (χ4n) is 3.33. The van der Waals surface area contributed by atoms with E-state index in [1.165, 1.54) is 5.01 Å². The van der Waals surface area contributed by atoms with Gasteiger partial charge < -0.3 is 5.32 Å². The molecule has 0 radical (unpaired) electrons. The van der Waals surface area contributed by atoms with E-state index in [9.17, 15) is 14.4 Å². The van der Waals surface area contributed by atoms with Crippen LogP contribution in [0.4, 0.5) is 11.4 Å². The highest BCUT2D eigenvalue weighted by atomic mass is 16.2. The third kappa shape index (κ3) is 2.69. The molecule has 0 aromatic heterocycles. The van der Waals surface area contributed by atoms with Gasteiger partial charge in [-0.05, 0) is 49.2 Å². The van der Waals surface area contributed by atoms with E-state index in [1.807, 2.05) is 18.2 Å². The van der Waals surface area contributed by atoms with Crippen molar-refractivity contribution in [2.45, 2.75) is 19.8 Å². The minimum Gasteiger partial charge on any atom is -0.326 e. The van der Waals surface area contributed by atoms with Crippen LogP contribution in [0.2, 0.25) is 0 Å². The first-order chi connectivity index (χ1) is 12.5. The third-order valence-electron chi connectivity index (χ3n) is 4.68. The maximum absolute atomic E-state index is 13.0. The zero-order valence-corrected chi connectivity index (χ0v) is 14.2. The highest BCUT2D eigenvalue weighted by Gasteiger charge is 2.40. The summed E-state index contributed by atoms with van der Waals surface area (Å²) in [6.07, 6.45) is 0.986. The molecule has 2 aromatic carbocycles. The smallest absolute Gasteiger partial charge is 0.264 e. The van der Waals surface area contributed by atoms with Crippen LogP contribution in [0.3, 0.4) is 0 Å². The van der Waals surface area contributed by atoms with Gasteiger partial charge in [0.05, 0.1) is 11.4 Å². The Bertz CT molecular complexity index is 950. The number of carbonyl (C=O) groups excluding carboxylic acids is 3. The molecule has 2 aromatic rings. The second kappa shape index (κ2) is 6.22. The number of para-hydroxylation sites is 1. The second-order valence-electron chi connectivity index (χ2n) is 6.44. The van der Waals surface area contributed by atoms with Crippen molar-refractivity contribution in [3.05, 3.63) is 59.7 Å². The van der Waals surface area contributed by atoms with Gasteiger partial charge in [-0.15, -0.1) is 0 Å². The summed E-state index contributed by atoms with van der Waals surface area (Å²) in [6, 6.07) is 14.2. The van der Waals surface area contributed by atoms with Crippen LogP contribution in [0, 0.1) is 5.92 Å². The maximum atomic E-state index is 13.0. The second-order valence-corrected chi connectivity index (χ2v) is 6.44. The summed E-state index contributed by atoms with van der Waals surface area (Å²) in [7, 11) is 0. The minimum absolute atomic E-state index is 0.0240. The number of nitrogens with zero attached hydrogens (tertiary/aromatic N) is 2. The largest absolute Gasteiger partial charge is 0.326 e. The van der Waals surface area contributed by atoms with Gasteiger partial charge in [-0.1, -0.05) is 18.2 Å². The summed E-state index contributed by atoms with van der Waals surface area (Å²) in [4.78, 5) is 37.2. The molecule has 6 heteroatoms. The summed E-state index contributed by atoms with van der Waals surface area (Å²) < 4.78 is 0. The monoisotopic (exact) mass is 347 g/mol. The normalized spacial score (nSPS) is 19.0. The number of nitrogens with one attached hydrogen (secondary N) is 1. The van der Waals surface area contributed by atoms with Crippen LogP contribution in [0.5, 0.6) is 0 Å². The average Bonchev–Trinajstić information content (AvgIpc) is 2.95. The zero-order chi connectivity index (χ0) is 18.3. The Hall–Kier alpha value is -3.28. The molecule has 0 saturated carbocycles. The lowest BCUT2D eigenvalue weighted by atomic mass is 9.91. The predicted octanol–water partition coefficient (Wildman–Crippen LogP) is 2.79. The first-order valence-corrected chi connectivity index (χ1v) is 8.46. The molecule has 0 saturated heterocycles. The molecule has 130 valence electrons. The molecule has 2 aliphatic heterocycles. The van der Waals surface area contributed by atoms with E-state index >= 15 is 0 Å². The number of Topliss-reactive ketones (excluding diaryl/α,β-unsaturated/α-hetero) is 1. The number of benzene rings is 2. The summed E-state index contributed by atoms with van der Waals surface area (Å²) in [6.45, 7) is 1.70. The molecule has 26 heavy (non-hydrogen) atoms. The van der Waals surface area contributed by atoms with Crippen LogP contribution in [0.25, 0.3) is 0 Å². The molecule has 0 fully saturated rings. The Kier molecular flexibility index (Phi) is 3.88. The van der Waals surface area contributed by atoms with E-state index in [4.69, 9.17) is 0 Å². The number of rotatable bonds is 3. The number of fused-ring (bicyclic) bond motifs is 1. The summed E-state index contributed by atoms with van der Waals surface area (Å²) in [5.41, 5.74) is 3.22. The first kappa shape index (κ1) is 16.2. The number of hydrogen-bond acceptors (Lipinski definition) is 4. The summed E-state index contributed by atoms with van der Waals surface area (Å²) in [5.74, 6) is -1.55. The summed E-state index contributed by atoms with van der Waals surface area (Å²) >= 11 is 0. The van der Waals surface area contributed by atoms with Gasteiger partial charge in [0.15, 0.2) is 5.78 Å². The van der Waals surface area contributed by atoms with Crippen LogP contribution in [-0.4, -0.2) is 23.3 Å². The third-order valence-corrected chi connectivity index (χ3v) is 4.68. The van der Waals surface area contributed by atoms with Gasteiger partial charge in [0.2, 0.25) is 5.91 Å². The summed E-state index contributed by atoms with van der Waals surface area (Å²) in [5, 5.41) is 8.37. The van der Waals surface area contributed by atoms with E-state index in [0.717, 1.165) is 11.3 Å². The fourth-order valence-corrected chi connectivity index (χ4v) is 3.33. The van der Waals surface area contributed by atoms with E-state index in [1.54, 1.807) is 37.3 Å². The Morgan fingerprint density at radius 3 is 2.65 bits per heavy atom. The number of hydrogen-bond donors (Lipinski definition) is 1. The molecule has 0 unspecified atom stereocenters. The van der Waals surface area contributed by atoms with Gasteiger partial charge in [-0.25, -0.2) is 0 Å². The highest BCUT2D eigenvalue weighted by molar-refractivity contribution is 6.30. The molecule has 1 atom stereocenters. The molecule has 0 spiro atoms. The van der Waals surface area contributed by atoms with Crippen molar-refractivity contribution in [2.75, 3.05) is 10.3 Å². The maximum Gasteiger partial charge on any atom is 0.264 e. The molecule has 6 nitrogen and oxygen atoms in total. The van der Waals surface area contributed by atoms with Gasteiger partial charge in [-0.2, -0.15) is 10.1 Å². The Balaban J connectivity index is 1.62. The molecule has 2 aliphatic rings. The van der Waals surface area contributed by atoms with Crippen LogP contribution in [0.15, 0.2) is 53.6 Å². The van der Waals surface area contributed by atoms with E-state index in [-0.39, 0.29) is 17.6 Å². The van der Waals surface area contributed by atoms with Crippen molar-refractivity contribution in [1.82, 2.24) is 0 Å². The fraction of sp³-hybridized carbons (Fsp3) is 0.200. The minimum atomic E-state index is -0.911. The molecule has 0 aliphatic carbocycles. The SMILES string of the molecule is CC1=NN(c2ccccc2)C(=O)[C@@H]1C(=O)c1ccc2c(c1)CCC(=O)N2. The Morgan fingerprint density at radius 2 is 1.88 bits per heavy atom. The van der Waals surface area contributed by atoms with Gasteiger partial charge in [0.1, 0.15) is 5.92 Å². The predicted molar refractivity (Wildman–Crippen MR) is 98.3 cm³/mol. The van der Waals surface area contributed by atoms with E-state index in [0.29, 0.717) is 29.8 Å². The number of anilines is 2. The lowest BCUT2D eigenvalue weighted by Crippen LogP contribution is -2.33. The lowest BCUT2D eigenvalue weighted by Gasteiger charge is -2.18. The van der Waals surface area contributed by atoms with Gasteiger partial charge >= 0.3 is 0 Å². The Morgan fingerprint density at radius 1 is 1.12 bits per heavy atom. The molecule has 2 amide bonds. The van der Waals surface area contributed by atoms with Crippen molar-refractivity contribution < 1.29 is 14.4 Å². The number of hydrazone groups is 1. The van der Waals surface area contributed by atoms with Crippen molar-refractivity contribution in [1.29, 1.82) is 0 Å². The van der Waals surface area contributed by atoms with E-state index in [2.05, 4.69) is 10.4 Å². The molecular formula is C20H17N3O3. The van der Waals surface area contributed by atoms with Gasteiger partial charge in [0.25, 0.3) is 5.91 Å². The lowest BCUT2D eigenvalue weighted by molar-refractivity contribution is -0.119. The molecular weight excluding hydrogens is 330 g/mol. The van der Waals surface area contributed by atoms with Gasteiger partial charge in [-0.3, -0.25) is 14.4 Å². The van der Waals surface area contributed by atoms with Crippen LogP contribution in [0.1, 0.15) is 29.3 Å². The highest BCUT2D eigenvalue weighted by Crippen LogP contribution is 2.28. The molecule has 0 bridgehead atoms. The standard InChI is InChI=1S/C20H17N3O3/c1-12-18(20(26)23(22-12)15-5-3-2-4-6-15)19(25)14-7-9-16-13(11-14)8-10-17(24)21-16/h2-7,9,11,18H,8,10H2,1H3,(H,21,24)/t18-/m0/s1. The molecule has 1 N–H and O–H groups in total. The van der Waals surface area contributed by atoms with Crippen molar-refractivity contribution in [2.24, 2.45) is 11.0 Å². The van der Waals surface area contributed by atoms with Crippen LogP contribution >= 0.6 is 0 Å². The number of aryl methyl sites for hydroxylation is 1.